The van der Waals surface area contributed by atoms with Crippen LogP contribution >= 0.6 is 11.3 Å². The van der Waals surface area contributed by atoms with Crippen LogP contribution in [-0.4, -0.2) is 54.6 Å². The zero-order chi connectivity index (χ0) is 13.8. The average molecular weight is 282 g/mol. The van der Waals surface area contributed by atoms with E-state index in [0.717, 1.165) is 19.4 Å². The zero-order valence-electron chi connectivity index (χ0n) is 12.4. The first-order valence-corrected chi connectivity index (χ1v) is 8.06. The van der Waals surface area contributed by atoms with E-state index in [0.29, 0.717) is 0 Å². The maximum atomic E-state index is 6.01. The summed E-state index contributed by atoms with van der Waals surface area (Å²) in [5.41, 5.74) is 7.21. The summed E-state index contributed by atoms with van der Waals surface area (Å²) in [6, 6.07) is 0.116. The molecule has 2 N–H and O–H groups in total. The van der Waals surface area contributed by atoms with Crippen molar-refractivity contribution in [2.45, 2.75) is 32.7 Å². The Balaban J connectivity index is 1.89. The molecule has 0 saturated carbocycles. The molecule has 2 heterocycles. The monoisotopic (exact) mass is 282 g/mol. The smallest absolute Gasteiger partial charge is 0.0944 e. The lowest BCUT2D eigenvalue weighted by Gasteiger charge is -2.32. The fourth-order valence-corrected chi connectivity index (χ4v) is 3.55. The molecule has 5 heteroatoms. The first-order chi connectivity index (χ1) is 9.10. The number of nitrogens with two attached hydrogens (primary N) is 1. The van der Waals surface area contributed by atoms with Crippen LogP contribution in [0.3, 0.4) is 0 Å². The highest BCUT2D eigenvalue weighted by Gasteiger charge is 2.16. The normalized spacial score (nSPS) is 19.8. The molecule has 1 aliphatic heterocycles. The highest BCUT2D eigenvalue weighted by Crippen LogP contribution is 2.25. The predicted molar refractivity (Wildman–Crippen MR) is 81.7 cm³/mol. The van der Waals surface area contributed by atoms with Gasteiger partial charge in [-0.25, -0.2) is 4.98 Å². The Kier molecular flexibility index (Phi) is 5.33. The number of aromatic nitrogens is 1. The minimum atomic E-state index is 0.116. The van der Waals surface area contributed by atoms with Gasteiger partial charge in [0.1, 0.15) is 0 Å². The third-order valence-electron chi connectivity index (χ3n) is 3.76. The number of piperazine rings is 1. The van der Waals surface area contributed by atoms with Crippen molar-refractivity contribution in [1.82, 2.24) is 14.8 Å². The van der Waals surface area contributed by atoms with Gasteiger partial charge in [-0.1, -0.05) is 6.92 Å². The van der Waals surface area contributed by atoms with Gasteiger partial charge in [0, 0.05) is 50.1 Å². The van der Waals surface area contributed by atoms with Gasteiger partial charge in [-0.05, 0) is 20.4 Å². The lowest BCUT2D eigenvalue weighted by Crippen LogP contribution is -2.45. The van der Waals surface area contributed by atoms with E-state index >= 15 is 0 Å². The van der Waals surface area contributed by atoms with Gasteiger partial charge in [0.05, 0.1) is 10.7 Å². The third-order valence-corrected chi connectivity index (χ3v) is 5.12. The van der Waals surface area contributed by atoms with E-state index in [1.165, 1.54) is 41.8 Å². The van der Waals surface area contributed by atoms with Gasteiger partial charge in [-0.3, -0.25) is 0 Å². The molecule has 1 aromatic heterocycles. The summed E-state index contributed by atoms with van der Waals surface area (Å²) in [4.78, 5) is 11.0. The summed E-state index contributed by atoms with van der Waals surface area (Å²) in [5, 5.41) is 1.25. The van der Waals surface area contributed by atoms with Crippen molar-refractivity contribution in [2.75, 3.05) is 39.8 Å². The number of hydrogen-bond donors (Lipinski definition) is 1. The van der Waals surface area contributed by atoms with E-state index in [-0.39, 0.29) is 6.04 Å². The van der Waals surface area contributed by atoms with Gasteiger partial charge in [0.15, 0.2) is 0 Å². The van der Waals surface area contributed by atoms with Crippen LogP contribution in [0.15, 0.2) is 0 Å². The van der Waals surface area contributed by atoms with Gasteiger partial charge in [0.2, 0.25) is 0 Å². The van der Waals surface area contributed by atoms with Crippen molar-refractivity contribution in [3.8, 4) is 0 Å². The van der Waals surface area contributed by atoms with Crippen molar-refractivity contribution in [3.05, 3.63) is 15.6 Å². The van der Waals surface area contributed by atoms with Crippen molar-refractivity contribution in [1.29, 1.82) is 0 Å². The molecule has 1 atom stereocenters. The second kappa shape index (κ2) is 6.79. The second-order valence-electron chi connectivity index (χ2n) is 5.46. The van der Waals surface area contributed by atoms with Crippen LogP contribution in [0.1, 0.15) is 35.5 Å². The summed E-state index contributed by atoms with van der Waals surface area (Å²) >= 11 is 1.81. The number of nitrogens with zero attached hydrogens (tertiary/aromatic N) is 3. The predicted octanol–water partition coefficient (Wildman–Crippen LogP) is 1.52. The molecule has 1 fully saturated rings. The maximum absolute atomic E-state index is 6.01. The number of aryl methyl sites for hydroxylation is 1. The van der Waals surface area contributed by atoms with Crippen LogP contribution < -0.4 is 5.73 Å². The summed E-state index contributed by atoms with van der Waals surface area (Å²) < 4.78 is 0. The molecule has 0 aliphatic carbocycles. The number of likely N-dealkylation sites (N-methyl/N-ethyl adjacent to an activating group) is 1. The van der Waals surface area contributed by atoms with E-state index in [1.54, 1.807) is 0 Å². The van der Waals surface area contributed by atoms with Gasteiger partial charge in [0.25, 0.3) is 0 Å². The highest BCUT2D eigenvalue weighted by atomic mass is 32.1. The summed E-state index contributed by atoms with van der Waals surface area (Å²) in [6.07, 6.45) is 2.05. The van der Waals surface area contributed by atoms with Crippen LogP contribution in [-0.2, 0) is 12.8 Å². The molecular weight excluding hydrogens is 256 g/mol. The SMILES string of the molecule is CCc1nc(CCN2CCN(C)CC2)sc1C(C)N. The highest BCUT2D eigenvalue weighted by molar-refractivity contribution is 7.11. The second-order valence-corrected chi connectivity index (χ2v) is 6.57. The molecular formula is C14H26N4S. The van der Waals surface area contributed by atoms with Gasteiger partial charge in [-0.15, -0.1) is 11.3 Å². The number of thiazole rings is 1. The molecule has 1 aromatic rings. The Bertz CT molecular complexity index is 394. The Labute approximate surface area is 120 Å². The van der Waals surface area contributed by atoms with Gasteiger partial charge < -0.3 is 15.5 Å². The quantitative estimate of drug-likeness (QED) is 0.889. The molecule has 0 radical (unpaired) electrons. The molecule has 0 bridgehead atoms. The van der Waals surface area contributed by atoms with Crippen molar-refractivity contribution < 1.29 is 0 Å². The van der Waals surface area contributed by atoms with E-state index in [1.807, 2.05) is 11.3 Å². The minimum absolute atomic E-state index is 0.116. The lowest BCUT2D eigenvalue weighted by atomic mass is 10.2. The minimum Gasteiger partial charge on any atom is -0.323 e. The van der Waals surface area contributed by atoms with E-state index in [4.69, 9.17) is 10.7 Å². The first-order valence-electron chi connectivity index (χ1n) is 7.25. The standard InChI is InChI=1S/C14H26N4S/c1-4-12-14(11(2)15)19-13(16-12)5-6-18-9-7-17(3)8-10-18/h11H,4-10,15H2,1-3H3. The van der Waals surface area contributed by atoms with Crippen LogP contribution in [0.25, 0.3) is 0 Å². The van der Waals surface area contributed by atoms with Crippen LogP contribution in [0.2, 0.25) is 0 Å². The molecule has 19 heavy (non-hydrogen) atoms. The topological polar surface area (TPSA) is 45.4 Å². The van der Waals surface area contributed by atoms with Crippen molar-refractivity contribution >= 4 is 11.3 Å². The molecule has 4 nitrogen and oxygen atoms in total. The maximum Gasteiger partial charge on any atom is 0.0944 e. The van der Waals surface area contributed by atoms with Crippen LogP contribution in [0.4, 0.5) is 0 Å². The van der Waals surface area contributed by atoms with Gasteiger partial charge in [-0.2, -0.15) is 0 Å². The average Bonchev–Trinajstić information content (AvgIpc) is 2.81. The summed E-state index contributed by atoms with van der Waals surface area (Å²) in [5.74, 6) is 0. The molecule has 0 amide bonds. The fraction of sp³-hybridized carbons (Fsp3) is 0.786. The largest absolute Gasteiger partial charge is 0.323 e. The fourth-order valence-electron chi connectivity index (χ4n) is 2.46. The Morgan fingerprint density at radius 1 is 1.32 bits per heavy atom. The molecule has 1 aliphatic rings. The van der Waals surface area contributed by atoms with E-state index in [2.05, 4.69) is 30.7 Å². The summed E-state index contributed by atoms with van der Waals surface area (Å²) in [6.45, 7) is 10.1. The van der Waals surface area contributed by atoms with Crippen molar-refractivity contribution in [2.24, 2.45) is 5.73 Å². The Hall–Kier alpha value is -0.490. The molecule has 0 spiro atoms. The van der Waals surface area contributed by atoms with Crippen molar-refractivity contribution in [3.63, 3.8) is 0 Å². The lowest BCUT2D eigenvalue weighted by molar-refractivity contribution is 0.155. The Morgan fingerprint density at radius 2 is 2.00 bits per heavy atom. The summed E-state index contributed by atoms with van der Waals surface area (Å²) in [7, 11) is 2.20. The molecule has 1 unspecified atom stereocenters. The molecule has 0 aromatic carbocycles. The van der Waals surface area contributed by atoms with E-state index in [9.17, 15) is 0 Å². The zero-order valence-corrected chi connectivity index (χ0v) is 13.2. The molecule has 1 saturated heterocycles. The Morgan fingerprint density at radius 3 is 2.53 bits per heavy atom. The van der Waals surface area contributed by atoms with E-state index < -0.39 is 0 Å². The van der Waals surface area contributed by atoms with Crippen LogP contribution in [0, 0.1) is 0 Å². The molecule has 2 rings (SSSR count). The van der Waals surface area contributed by atoms with Gasteiger partial charge >= 0.3 is 0 Å². The molecule has 108 valence electrons. The number of rotatable bonds is 5. The third kappa shape index (κ3) is 3.99. The van der Waals surface area contributed by atoms with Crippen LogP contribution in [0.5, 0.6) is 0 Å². The number of hydrogen-bond acceptors (Lipinski definition) is 5. The first kappa shape index (κ1) is 14.9.